The molecule has 2 saturated carbocycles. The minimum Gasteiger partial charge on any atom is -0.444 e. The van der Waals surface area contributed by atoms with Gasteiger partial charge in [-0.25, -0.2) is 24.7 Å². The van der Waals surface area contributed by atoms with Crippen molar-refractivity contribution in [1.29, 1.82) is 0 Å². The molecule has 8 heteroatoms. The molecular formula is C27H30N6O2. The van der Waals surface area contributed by atoms with Crippen molar-refractivity contribution in [1.82, 2.24) is 30.2 Å². The number of carbonyl (C=O) groups excluding carboxylic acids is 1. The first kappa shape index (κ1) is 23.3. The summed E-state index contributed by atoms with van der Waals surface area (Å²) in [6.45, 7) is 9.19. The molecule has 6 rings (SSSR count). The van der Waals surface area contributed by atoms with Crippen LogP contribution in [0.4, 0.5) is 4.79 Å². The van der Waals surface area contributed by atoms with Crippen LogP contribution in [0.1, 0.15) is 45.3 Å². The molecule has 2 saturated heterocycles. The van der Waals surface area contributed by atoms with Crippen LogP contribution < -0.4 is 5.32 Å². The van der Waals surface area contributed by atoms with E-state index in [2.05, 4.69) is 48.9 Å². The summed E-state index contributed by atoms with van der Waals surface area (Å²) in [6, 6.07) is 3.57. The van der Waals surface area contributed by atoms with Crippen molar-refractivity contribution in [2.75, 3.05) is 26.2 Å². The second-order valence-electron chi connectivity index (χ2n) is 10.8. The molecule has 2 aromatic heterocycles. The molecule has 2 aliphatic carbocycles. The maximum absolute atomic E-state index is 12.1. The van der Waals surface area contributed by atoms with E-state index in [1.54, 1.807) is 41.8 Å². The highest BCUT2D eigenvalue weighted by Gasteiger charge is 2.60. The van der Waals surface area contributed by atoms with Gasteiger partial charge in [0.1, 0.15) is 5.60 Å². The molecule has 4 atom stereocenters. The summed E-state index contributed by atoms with van der Waals surface area (Å²) in [5.74, 6) is 15.1. The van der Waals surface area contributed by atoms with Crippen molar-refractivity contribution < 1.29 is 9.53 Å². The van der Waals surface area contributed by atoms with Crippen molar-refractivity contribution in [3.63, 3.8) is 0 Å². The topological polar surface area (TPSA) is 93.1 Å². The quantitative estimate of drug-likeness (QED) is 0.592. The Balaban J connectivity index is 0.000000156. The van der Waals surface area contributed by atoms with E-state index >= 15 is 0 Å². The molecule has 0 spiro atoms. The molecule has 180 valence electrons. The fraction of sp³-hybridized carbons (Fsp3) is 0.519. The van der Waals surface area contributed by atoms with Crippen molar-refractivity contribution in [2.24, 2.45) is 22.7 Å². The Bertz CT molecular complexity index is 1210. The van der Waals surface area contributed by atoms with Crippen molar-refractivity contribution in [3.8, 4) is 23.7 Å². The summed E-state index contributed by atoms with van der Waals surface area (Å²) in [5, 5.41) is 3.36. The third kappa shape index (κ3) is 5.44. The zero-order valence-corrected chi connectivity index (χ0v) is 20.4. The van der Waals surface area contributed by atoms with Gasteiger partial charge in [-0.2, -0.15) is 0 Å². The van der Waals surface area contributed by atoms with Gasteiger partial charge in [-0.1, -0.05) is 11.8 Å². The van der Waals surface area contributed by atoms with Gasteiger partial charge >= 0.3 is 6.09 Å². The standard InChI is InChI=1S/C16H19N3O2.C11H11N3/c1-15(2,3)21-14(20)19-10-12-9-16(12,11-19)6-5-13-17-7-4-8-18-13;1-4-13-10(14-5-1)2-3-11-6-9(11)7-12-8-11/h4,7-8,12H,9-11H2,1-3H3;1,4-5,9,12H,6-8H2. The SMILES string of the molecule is C(#CC12CNCC1C2)c1ncccn1.CC(C)(C)OC(=O)N1CC2CC2(C#Cc2ncccn2)C1. The smallest absolute Gasteiger partial charge is 0.410 e. The number of nitrogens with zero attached hydrogens (tertiary/aromatic N) is 5. The first-order valence-electron chi connectivity index (χ1n) is 12.1. The molecule has 0 aromatic carbocycles. The Hall–Kier alpha value is -3.49. The van der Waals surface area contributed by atoms with Crippen LogP contribution in [-0.4, -0.2) is 62.7 Å². The monoisotopic (exact) mass is 470 g/mol. The summed E-state index contributed by atoms with van der Waals surface area (Å²) >= 11 is 0. The molecule has 2 aliphatic heterocycles. The van der Waals surface area contributed by atoms with Crippen LogP contribution in [0.3, 0.4) is 0 Å². The van der Waals surface area contributed by atoms with E-state index in [0.717, 1.165) is 32.0 Å². The first-order valence-corrected chi connectivity index (χ1v) is 12.1. The molecule has 35 heavy (non-hydrogen) atoms. The number of piperidine rings is 2. The third-order valence-corrected chi connectivity index (χ3v) is 6.84. The normalized spacial score (nSPS) is 29.2. The number of aromatic nitrogens is 4. The molecule has 2 aromatic rings. The average Bonchev–Trinajstić information content (AvgIpc) is 3.62. The Morgan fingerprint density at radius 3 is 2.06 bits per heavy atom. The van der Waals surface area contributed by atoms with E-state index in [1.165, 1.54) is 6.42 Å². The molecule has 4 unspecified atom stereocenters. The van der Waals surface area contributed by atoms with Crippen molar-refractivity contribution >= 4 is 6.09 Å². The first-order chi connectivity index (χ1) is 16.8. The lowest BCUT2D eigenvalue weighted by Crippen LogP contribution is -2.37. The highest BCUT2D eigenvalue weighted by atomic mass is 16.6. The molecular weight excluding hydrogens is 440 g/mol. The zero-order chi connectivity index (χ0) is 24.5. The van der Waals surface area contributed by atoms with Crippen LogP contribution in [0.25, 0.3) is 0 Å². The zero-order valence-electron chi connectivity index (χ0n) is 20.4. The number of fused-ring (bicyclic) bond motifs is 2. The molecule has 0 bridgehead atoms. The minimum atomic E-state index is -0.458. The van der Waals surface area contributed by atoms with Gasteiger partial charge in [-0.05, 0) is 76.0 Å². The van der Waals surface area contributed by atoms with Crippen molar-refractivity contribution in [2.45, 2.75) is 39.2 Å². The Morgan fingerprint density at radius 1 is 0.971 bits per heavy atom. The van der Waals surface area contributed by atoms with Gasteiger partial charge < -0.3 is 15.0 Å². The Morgan fingerprint density at radius 2 is 1.54 bits per heavy atom. The Kier molecular flexibility index (Phi) is 5.94. The molecule has 1 amide bonds. The number of likely N-dealkylation sites (tertiary alicyclic amines) is 1. The van der Waals surface area contributed by atoms with Gasteiger partial charge in [0.2, 0.25) is 11.6 Å². The molecule has 8 nitrogen and oxygen atoms in total. The van der Waals surface area contributed by atoms with Gasteiger partial charge in [-0.3, -0.25) is 0 Å². The van der Waals surface area contributed by atoms with Gasteiger partial charge in [-0.15, -0.1) is 0 Å². The lowest BCUT2D eigenvalue weighted by atomic mass is 10.1. The van der Waals surface area contributed by atoms with E-state index in [4.69, 9.17) is 4.74 Å². The second-order valence-corrected chi connectivity index (χ2v) is 10.8. The van der Waals surface area contributed by atoms with E-state index in [1.807, 2.05) is 20.8 Å². The van der Waals surface area contributed by atoms with Crippen LogP contribution in [0.15, 0.2) is 36.9 Å². The van der Waals surface area contributed by atoms with Crippen LogP contribution in [-0.2, 0) is 4.74 Å². The van der Waals surface area contributed by atoms with Crippen LogP contribution in [0, 0.1) is 46.3 Å². The average molecular weight is 471 g/mol. The molecule has 4 heterocycles. The predicted octanol–water partition coefficient (Wildman–Crippen LogP) is 2.52. The number of hydrogen-bond donors (Lipinski definition) is 1. The summed E-state index contributed by atoms with van der Waals surface area (Å²) in [6.07, 6.45) is 8.87. The van der Waals surface area contributed by atoms with E-state index < -0.39 is 5.60 Å². The summed E-state index contributed by atoms with van der Waals surface area (Å²) in [4.78, 5) is 30.2. The van der Waals surface area contributed by atoms with Crippen LogP contribution >= 0.6 is 0 Å². The lowest BCUT2D eigenvalue weighted by Gasteiger charge is -2.25. The van der Waals surface area contributed by atoms with Gasteiger partial charge in [0, 0.05) is 49.8 Å². The number of ether oxygens (including phenoxy) is 1. The van der Waals surface area contributed by atoms with Gasteiger partial charge in [0.25, 0.3) is 0 Å². The van der Waals surface area contributed by atoms with E-state index in [0.29, 0.717) is 24.1 Å². The number of carbonyl (C=O) groups is 1. The van der Waals surface area contributed by atoms with Gasteiger partial charge in [0.05, 0.1) is 5.41 Å². The summed E-state index contributed by atoms with van der Waals surface area (Å²) < 4.78 is 5.41. The highest BCUT2D eigenvalue weighted by Crippen LogP contribution is 2.57. The number of rotatable bonds is 0. The maximum atomic E-state index is 12.1. The van der Waals surface area contributed by atoms with E-state index in [-0.39, 0.29) is 16.9 Å². The number of hydrogen-bond acceptors (Lipinski definition) is 7. The number of amides is 1. The molecule has 4 fully saturated rings. The molecule has 1 N–H and O–H groups in total. The minimum absolute atomic E-state index is 0.0733. The predicted molar refractivity (Wildman–Crippen MR) is 130 cm³/mol. The number of nitrogens with one attached hydrogen (secondary N) is 1. The fourth-order valence-electron chi connectivity index (χ4n) is 4.76. The van der Waals surface area contributed by atoms with E-state index in [9.17, 15) is 4.79 Å². The van der Waals surface area contributed by atoms with Gasteiger partial charge in [0.15, 0.2) is 0 Å². The second kappa shape index (κ2) is 8.94. The van der Waals surface area contributed by atoms with Crippen molar-refractivity contribution in [3.05, 3.63) is 48.6 Å². The van der Waals surface area contributed by atoms with Crippen LogP contribution in [0.5, 0.6) is 0 Å². The Labute approximate surface area is 206 Å². The highest BCUT2D eigenvalue weighted by molar-refractivity contribution is 5.69. The summed E-state index contributed by atoms with van der Waals surface area (Å²) in [5.41, 5.74) is -0.268. The largest absolute Gasteiger partial charge is 0.444 e. The summed E-state index contributed by atoms with van der Waals surface area (Å²) in [7, 11) is 0. The lowest BCUT2D eigenvalue weighted by molar-refractivity contribution is 0.0268. The van der Waals surface area contributed by atoms with Crippen LogP contribution in [0.2, 0.25) is 0 Å². The molecule has 4 aliphatic rings. The fourth-order valence-corrected chi connectivity index (χ4v) is 4.76. The third-order valence-electron chi connectivity index (χ3n) is 6.84. The molecule has 0 radical (unpaired) electrons. The maximum Gasteiger partial charge on any atom is 0.410 e.